The summed E-state index contributed by atoms with van der Waals surface area (Å²) in [6.07, 6.45) is 4.31. The van der Waals surface area contributed by atoms with Gasteiger partial charge in [0.05, 0.1) is 0 Å². The van der Waals surface area contributed by atoms with Gasteiger partial charge in [0.15, 0.2) is 0 Å². The standard InChI is InChI=1S/C16H20FN3O2/c1-3-16(2,7-10-21)19-15(22)12-5-6-14(13(17)11-12)20-9-4-8-18-20/h4-6,8-9,11,21H,3,7,10H2,1-2H3,(H,19,22). The fraction of sp³-hybridized carbons (Fsp3) is 0.375. The van der Waals surface area contributed by atoms with Crippen molar-refractivity contribution in [1.82, 2.24) is 15.1 Å². The van der Waals surface area contributed by atoms with Crippen molar-refractivity contribution in [3.63, 3.8) is 0 Å². The Labute approximate surface area is 128 Å². The lowest BCUT2D eigenvalue weighted by molar-refractivity contribution is 0.0885. The number of amides is 1. The average Bonchev–Trinajstić information content (AvgIpc) is 3.01. The molecule has 0 saturated heterocycles. The molecule has 0 radical (unpaired) electrons. The maximum atomic E-state index is 14.2. The summed E-state index contributed by atoms with van der Waals surface area (Å²) in [7, 11) is 0. The van der Waals surface area contributed by atoms with E-state index in [1.165, 1.54) is 16.8 Å². The summed E-state index contributed by atoms with van der Waals surface area (Å²) in [5, 5.41) is 15.9. The number of halogens is 1. The molecule has 0 aliphatic rings. The topological polar surface area (TPSA) is 67.2 Å². The number of carbonyl (C=O) groups is 1. The minimum atomic E-state index is -0.517. The van der Waals surface area contributed by atoms with Crippen LogP contribution in [-0.4, -0.2) is 32.9 Å². The quantitative estimate of drug-likeness (QED) is 0.860. The smallest absolute Gasteiger partial charge is 0.251 e. The van der Waals surface area contributed by atoms with E-state index >= 15 is 0 Å². The first-order valence-corrected chi connectivity index (χ1v) is 7.22. The largest absolute Gasteiger partial charge is 0.396 e. The highest BCUT2D eigenvalue weighted by molar-refractivity contribution is 5.94. The molecule has 22 heavy (non-hydrogen) atoms. The van der Waals surface area contributed by atoms with Crippen molar-refractivity contribution in [2.45, 2.75) is 32.2 Å². The second-order valence-electron chi connectivity index (χ2n) is 5.46. The van der Waals surface area contributed by atoms with Crippen molar-refractivity contribution in [2.24, 2.45) is 0 Å². The van der Waals surface area contributed by atoms with Crippen LogP contribution in [0.2, 0.25) is 0 Å². The molecule has 2 N–H and O–H groups in total. The molecule has 1 atom stereocenters. The average molecular weight is 305 g/mol. The molecule has 1 amide bonds. The van der Waals surface area contributed by atoms with E-state index in [0.717, 1.165) is 0 Å². The SMILES string of the molecule is CCC(C)(CCO)NC(=O)c1ccc(-n2cccn2)c(F)c1. The zero-order valence-electron chi connectivity index (χ0n) is 12.7. The van der Waals surface area contributed by atoms with E-state index in [-0.39, 0.29) is 23.8 Å². The van der Waals surface area contributed by atoms with Gasteiger partial charge in [-0.25, -0.2) is 9.07 Å². The Hall–Kier alpha value is -2.21. The van der Waals surface area contributed by atoms with E-state index in [1.54, 1.807) is 24.5 Å². The normalized spacial score (nSPS) is 13.6. The van der Waals surface area contributed by atoms with Crippen LogP contribution in [0.25, 0.3) is 5.69 Å². The van der Waals surface area contributed by atoms with Gasteiger partial charge in [-0.2, -0.15) is 5.10 Å². The van der Waals surface area contributed by atoms with Crippen LogP contribution < -0.4 is 5.32 Å². The summed E-state index contributed by atoms with van der Waals surface area (Å²) < 4.78 is 15.6. The summed E-state index contributed by atoms with van der Waals surface area (Å²) in [4.78, 5) is 12.3. The van der Waals surface area contributed by atoms with Gasteiger partial charge in [0.25, 0.3) is 5.91 Å². The molecule has 1 heterocycles. The van der Waals surface area contributed by atoms with Crippen LogP contribution in [0.5, 0.6) is 0 Å². The summed E-state index contributed by atoms with van der Waals surface area (Å²) >= 11 is 0. The number of hydrogen-bond acceptors (Lipinski definition) is 3. The van der Waals surface area contributed by atoms with E-state index in [9.17, 15) is 9.18 Å². The third kappa shape index (κ3) is 3.51. The fourth-order valence-electron chi connectivity index (χ4n) is 2.17. The number of nitrogens with zero attached hydrogens (tertiary/aromatic N) is 2. The Kier molecular flexibility index (Phi) is 4.92. The molecule has 2 aromatic rings. The predicted octanol–water partition coefficient (Wildman–Crippen LogP) is 2.29. The van der Waals surface area contributed by atoms with E-state index in [0.29, 0.717) is 12.8 Å². The Morgan fingerprint density at radius 3 is 2.82 bits per heavy atom. The number of hydrogen-bond donors (Lipinski definition) is 2. The molecule has 0 aliphatic carbocycles. The van der Waals surface area contributed by atoms with Crippen LogP contribution in [0, 0.1) is 5.82 Å². The van der Waals surface area contributed by atoms with Gasteiger partial charge in [-0.1, -0.05) is 6.92 Å². The minimum Gasteiger partial charge on any atom is -0.396 e. The molecule has 2 rings (SSSR count). The molecule has 6 heteroatoms. The summed E-state index contributed by atoms with van der Waals surface area (Å²) in [6.45, 7) is 3.77. The maximum absolute atomic E-state index is 14.2. The van der Waals surface area contributed by atoms with Crippen molar-refractivity contribution in [3.05, 3.63) is 48.0 Å². The van der Waals surface area contributed by atoms with Gasteiger partial charge in [0.1, 0.15) is 11.5 Å². The molecule has 118 valence electrons. The molecule has 0 aliphatic heterocycles. The Morgan fingerprint density at radius 2 is 2.27 bits per heavy atom. The highest BCUT2D eigenvalue weighted by Crippen LogP contribution is 2.18. The Bertz CT molecular complexity index is 643. The van der Waals surface area contributed by atoms with Crippen molar-refractivity contribution in [3.8, 4) is 5.69 Å². The second-order valence-corrected chi connectivity index (χ2v) is 5.46. The van der Waals surface area contributed by atoms with Gasteiger partial charge in [-0.15, -0.1) is 0 Å². The molecule has 1 unspecified atom stereocenters. The number of aliphatic hydroxyl groups excluding tert-OH is 1. The van der Waals surface area contributed by atoms with E-state index in [2.05, 4.69) is 10.4 Å². The number of benzene rings is 1. The molecule has 0 bridgehead atoms. The molecular weight excluding hydrogens is 285 g/mol. The molecule has 0 saturated carbocycles. The molecule has 1 aromatic heterocycles. The van der Waals surface area contributed by atoms with Gasteiger partial charge < -0.3 is 10.4 Å². The van der Waals surface area contributed by atoms with Crippen LogP contribution in [0.3, 0.4) is 0 Å². The third-order valence-electron chi connectivity index (χ3n) is 3.82. The van der Waals surface area contributed by atoms with Crippen LogP contribution in [0.1, 0.15) is 37.0 Å². The highest BCUT2D eigenvalue weighted by Gasteiger charge is 2.24. The monoisotopic (exact) mass is 305 g/mol. The second kappa shape index (κ2) is 6.70. The molecule has 5 nitrogen and oxygen atoms in total. The summed E-state index contributed by atoms with van der Waals surface area (Å²) in [5.41, 5.74) is 0.0179. The van der Waals surface area contributed by atoms with Crippen LogP contribution in [-0.2, 0) is 0 Å². The van der Waals surface area contributed by atoms with E-state index in [4.69, 9.17) is 5.11 Å². The van der Waals surface area contributed by atoms with Gasteiger partial charge in [-0.05, 0) is 44.0 Å². The van der Waals surface area contributed by atoms with Crippen LogP contribution >= 0.6 is 0 Å². The Morgan fingerprint density at radius 1 is 1.50 bits per heavy atom. The van der Waals surface area contributed by atoms with E-state index in [1.807, 2.05) is 13.8 Å². The number of nitrogens with one attached hydrogen (secondary N) is 1. The number of aliphatic hydroxyl groups is 1. The molecule has 1 aromatic carbocycles. The van der Waals surface area contributed by atoms with Gasteiger partial charge in [0.2, 0.25) is 0 Å². The highest BCUT2D eigenvalue weighted by atomic mass is 19.1. The van der Waals surface area contributed by atoms with Gasteiger partial charge in [-0.3, -0.25) is 4.79 Å². The fourth-order valence-corrected chi connectivity index (χ4v) is 2.17. The lowest BCUT2D eigenvalue weighted by atomic mass is 9.94. The summed E-state index contributed by atoms with van der Waals surface area (Å²) in [6, 6.07) is 5.97. The first-order valence-electron chi connectivity index (χ1n) is 7.22. The first kappa shape index (κ1) is 16.2. The van der Waals surface area contributed by atoms with Crippen LogP contribution in [0.15, 0.2) is 36.7 Å². The molecule has 0 spiro atoms. The Balaban J connectivity index is 2.19. The zero-order valence-corrected chi connectivity index (χ0v) is 12.7. The maximum Gasteiger partial charge on any atom is 0.251 e. The minimum absolute atomic E-state index is 0.0166. The molecular formula is C16H20FN3O2. The lowest BCUT2D eigenvalue weighted by Gasteiger charge is -2.29. The van der Waals surface area contributed by atoms with Crippen molar-refractivity contribution in [1.29, 1.82) is 0 Å². The van der Waals surface area contributed by atoms with Crippen molar-refractivity contribution >= 4 is 5.91 Å². The number of carbonyl (C=O) groups excluding carboxylic acids is 1. The third-order valence-corrected chi connectivity index (χ3v) is 3.82. The summed E-state index contributed by atoms with van der Waals surface area (Å²) in [5.74, 6) is -0.875. The molecule has 0 fully saturated rings. The predicted molar refractivity (Wildman–Crippen MR) is 81.4 cm³/mol. The van der Waals surface area contributed by atoms with Crippen molar-refractivity contribution < 1.29 is 14.3 Å². The zero-order chi connectivity index (χ0) is 16.2. The van der Waals surface area contributed by atoms with Gasteiger partial charge in [0, 0.05) is 30.1 Å². The van der Waals surface area contributed by atoms with Crippen molar-refractivity contribution in [2.75, 3.05) is 6.61 Å². The van der Waals surface area contributed by atoms with E-state index < -0.39 is 11.4 Å². The first-order chi connectivity index (χ1) is 10.5. The van der Waals surface area contributed by atoms with Gasteiger partial charge >= 0.3 is 0 Å². The number of rotatable bonds is 6. The lowest BCUT2D eigenvalue weighted by Crippen LogP contribution is -2.46. The van der Waals surface area contributed by atoms with Crippen LogP contribution in [0.4, 0.5) is 4.39 Å². The number of aromatic nitrogens is 2.